The first kappa shape index (κ1) is 15.8. The lowest BCUT2D eigenvalue weighted by Gasteiger charge is -2.23. The number of fused-ring (bicyclic) bond motifs is 1. The van der Waals surface area contributed by atoms with Crippen molar-refractivity contribution in [2.45, 2.75) is 19.9 Å². The smallest absolute Gasteiger partial charge is 0.255 e. The number of methoxy groups -OCH3 is 1. The van der Waals surface area contributed by atoms with E-state index in [2.05, 4.69) is 4.98 Å². The van der Waals surface area contributed by atoms with Crippen LogP contribution in [0.2, 0.25) is 0 Å². The fourth-order valence-electron chi connectivity index (χ4n) is 2.20. The monoisotopic (exact) mass is 301 g/mol. The molecule has 0 radical (unpaired) electrons. The van der Waals surface area contributed by atoms with Gasteiger partial charge in [-0.25, -0.2) is 0 Å². The first-order valence-corrected chi connectivity index (χ1v) is 6.87. The van der Waals surface area contributed by atoms with Crippen LogP contribution in [0.15, 0.2) is 24.3 Å². The van der Waals surface area contributed by atoms with Gasteiger partial charge in [0.05, 0.1) is 18.2 Å². The molecule has 1 heterocycles. The van der Waals surface area contributed by atoms with Crippen molar-refractivity contribution in [3.05, 3.63) is 35.5 Å². The molecule has 0 aliphatic heterocycles. The van der Waals surface area contributed by atoms with Crippen LogP contribution in [0.25, 0.3) is 10.9 Å². The third kappa shape index (κ3) is 2.86. The number of amides is 2. The molecule has 6 nitrogen and oxygen atoms in total. The minimum absolute atomic E-state index is 0.271. The van der Waals surface area contributed by atoms with Crippen LogP contribution in [0, 0.1) is 6.92 Å². The second-order valence-corrected chi connectivity index (χ2v) is 5.19. The molecule has 0 saturated heterocycles. The summed E-state index contributed by atoms with van der Waals surface area (Å²) in [5, 5.41) is 0.708. The van der Waals surface area contributed by atoms with Gasteiger partial charge in [-0.05, 0) is 32.0 Å². The van der Waals surface area contributed by atoms with Gasteiger partial charge in [0.15, 0.2) is 0 Å². The van der Waals surface area contributed by atoms with E-state index >= 15 is 0 Å². The van der Waals surface area contributed by atoms with E-state index in [1.165, 1.54) is 4.90 Å². The number of ether oxygens (including phenoxy) is 1. The van der Waals surface area contributed by atoms with E-state index in [4.69, 9.17) is 10.5 Å². The molecule has 22 heavy (non-hydrogen) atoms. The number of rotatable bonds is 4. The molecule has 0 aliphatic rings. The van der Waals surface area contributed by atoms with Crippen LogP contribution >= 0.6 is 0 Å². The van der Waals surface area contributed by atoms with Crippen molar-refractivity contribution in [1.29, 1.82) is 0 Å². The number of nitrogens with zero attached hydrogens (tertiary/aromatic N) is 2. The molecule has 0 saturated carbocycles. The molecule has 0 fully saturated rings. The molecule has 2 amide bonds. The van der Waals surface area contributed by atoms with Crippen LogP contribution in [0.5, 0.6) is 5.75 Å². The van der Waals surface area contributed by atoms with Crippen molar-refractivity contribution in [3.63, 3.8) is 0 Å². The molecular formula is C16H19N3O3. The first-order chi connectivity index (χ1) is 10.3. The topological polar surface area (TPSA) is 85.5 Å². The number of benzene rings is 1. The Labute approximate surface area is 128 Å². The lowest BCUT2D eigenvalue weighted by molar-refractivity contribution is -0.121. The zero-order chi connectivity index (χ0) is 16.4. The maximum atomic E-state index is 12.7. The SMILES string of the molecule is COc1ccc2c(C(=O)N(C)C(C)C(N)=O)cc(C)nc2c1. The third-order valence-electron chi connectivity index (χ3n) is 3.69. The van der Waals surface area contributed by atoms with Gasteiger partial charge < -0.3 is 15.4 Å². The number of nitrogens with two attached hydrogens (primary N) is 1. The van der Waals surface area contributed by atoms with E-state index in [-0.39, 0.29) is 5.91 Å². The van der Waals surface area contributed by atoms with Gasteiger partial charge in [0.25, 0.3) is 5.91 Å². The Balaban J connectivity index is 2.55. The lowest BCUT2D eigenvalue weighted by atomic mass is 10.1. The second-order valence-electron chi connectivity index (χ2n) is 5.19. The Kier molecular flexibility index (Phi) is 4.30. The standard InChI is InChI=1S/C16H19N3O3/c1-9-7-13(16(21)19(3)10(2)15(17)20)12-6-5-11(22-4)8-14(12)18-9/h5-8,10H,1-4H3,(H2,17,20). The summed E-state index contributed by atoms with van der Waals surface area (Å²) in [5.74, 6) is -0.151. The van der Waals surface area contributed by atoms with Crippen molar-refractivity contribution in [3.8, 4) is 5.75 Å². The normalized spacial score (nSPS) is 12.0. The van der Waals surface area contributed by atoms with Crippen molar-refractivity contribution in [2.24, 2.45) is 5.73 Å². The summed E-state index contributed by atoms with van der Waals surface area (Å²) in [6, 6.07) is 6.36. The largest absolute Gasteiger partial charge is 0.497 e. The summed E-state index contributed by atoms with van der Waals surface area (Å²) < 4.78 is 5.18. The number of primary amides is 1. The highest BCUT2D eigenvalue weighted by atomic mass is 16.5. The van der Waals surface area contributed by atoms with Crippen molar-refractivity contribution in [1.82, 2.24) is 9.88 Å². The van der Waals surface area contributed by atoms with Crippen LogP contribution in [0.3, 0.4) is 0 Å². The molecule has 0 aliphatic carbocycles. The van der Waals surface area contributed by atoms with Gasteiger partial charge in [-0.3, -0.25) is 14.6 Å². The highest BCUT2D eigenvalue weighted by Gasteiger charge is 2.23. The van der Waals surface area contributed by atoms with Crippen molar-refractivity contribution < 1.29 is 14.3 Å². The van der Waals surface area contributed by atoms with E-state index in [9.17, 15) is 9.59 Å². The zero-order valence-electron chi connectivity index (χ0n) is 13.1. The second kappa shape index (κ2) is 6.01. The maximum absolute atomic E-state index is 12.7. The summed E-state index contributed by atoms with van der Waals surface area (Å²) >= 11 is 0. The number of pyridine rings is 1. The highest BCUT2D eigenvalue weighted by Crippen LogP contribution is 2.24. The van der Waals surface area contributed by atoms with E-state index in [0.717, 1.165) is 0 Å². The maximum Gasteiger partial charge on any atom is 0.255 e. The number of likely N-dealkylation sites (N-methyl/N-ethyl adjacent to an activating group) is 1. The van der Waals surface area contributed by atoms with E-state index in [1.807, 2.05) is 6.92 Å². The summed E-state index contributed by atoms with van der Waals surface area (Å²) in [7, 11) is 3.13. The number of hydrogen-bond acceptors (Lipinski definition) is 4. The predicted octanol–water partition coefficient (Wildman–Crippen LogP) is 1.50. The number of carbonyl (C=O) groups is 2. The van der Waals surface area contributed by atoms with Gasteiger partial charge in [-0.1, -0.05) is 0 Å². The average Bonchev–Trinajstić information content (AvgIpc) is 2.50. The molecule has 1 aromatic carbocycles. The molecule has 1 aromatic heterocycles. The Morgan fingerprint density at radius 1 is 1.32 bits per heavy atom. The van der Waals surface area contributed by atoms with Crippen LogP contribution in [0.4, 0.5) is 0 Å². The first-order valence-electron chi connectivity index (χ1n) is 6.87. The van der Waals surface area contributed by atoms with Gasteiger partial charge >= 0.3 is 0 Å². The number of hydrogen-bond donors (Lipinski definition) is 1. The number of aryl methyl sites for hydroxylation is 1. The number of carbonyl (C=O) groups excluding carboxylic acids is 2. The molecule has 0 spiro atoms. The fourth-order valence-corrected chi connectivity index (χ4v) is 2.20. The van der Waals surface area contributed by atoms with Gasteiger partial charge in [0.1, 0.15) is 11.8 Å². The minimum atomic E-state index is -0.686. The third-order valence-corrected chi connectivity index (χ3v) is 3.69. The van der Waals surface area contributed by atoms with Gasteiger partial charge in [-0.15, -0.1) is 0 Å². The zero-order valence-corrected chi connectivity index (χ0v) is 13.1. The Bertz CT molecular complexity index is 743. The average molecular weight is 301 g/mol. The Morgan fingerprint density at radius 3 is 2.59 bits per heavy atom. The summed E-state index contributed by atoms with van der Waals surface area (Å²) in [4.78, 5) is 29.7. The van der Waals surface area contributed by atoms with E-state index in [1.54, 1.807) is 45.3 Å². The van der Waals surface area contributed by atoms with E-state index in [0.29, 0.717) is 27.9 Å². The van der Waals surface area contributed by atoms with Crippen LogP contribution < -0.4 is 10.5 Å². The predicted molar refractivity (Wildman–Crippen MR) is 83.8 cm³/mol. The molecule has 2 rings (SSSR count). The molecule has 116 valence electrons. The molecule has 2 N–H and O–H groups in total. The quantitative estimate of drug-likeness (QED) is 0.927. The molecule has 6 heteroatoms. The molecule has 1 atom stereocenters. The van der Waals surface area contributed by atoms with Crippen LogP contribution in [0.1, 0.15) is 23.0 Å². The van der Waals surface area contributed by atoms with Gasteiger partial charge in [0.2, 0.25) is 5.91 Å². The molecule has 2 aromatic rings. The highest BCUT2D eigenvalue weighted by molar-refractivity contribution is 6.07. The van der Waals surface area contributed by atoms with Crippen LogP contribution in [-0.2, 0) is 4.79 Å². The molecular weight excluding hydrogens is 282 g/mol. The minimum Gasteiger partial charge on any atom is -0.497 e. The Hall–Kier alpha value is -2.63. The van der Waals surface area contributed by atoms with Gasteiger partial charge in [-0.2, -0.15) is 0 Å². The van der Waals surface area contributed by atoms with Gasteiger partial charge in [0, 0.05) is 24.2 Å². The number of aromatic nitrogens is 1. The van der Waals surface area contributed by atoms with Crippen LogP contribution in [-0.4, -0.2) is 41.9 Å². The summed E-state index contributed by atoms with van der Waals surface area (Å²) in [6.07, 6.45) is 0. The van der Waals surface area contributed by atoms with E-state index < -0.39 is 11.9 Å². The molecule has 1 unspecified atom stereocenters. The molecule has 0 bridgehead atoms. The van der Waals surface area contributed by atoms with Crippen molar-refractivity contribution in [2.75, 3.05) is 14.2 Å². The summed E-state index contributed by atoms with van der Waals surface area (Å²) in [5.41, 5.74) is 7.14. The fraction of sp³-hybridized carbons (Fsp3) is 0.312. The van der Waals surface area contributed by atoms with Crippen molar-refractivity contribution >= 4 is 22.7 Å². The summed E-state index contributed by atoms with van der Waals surface area (Å²) in [6.45, 7) is 3.41. The Morgan fingerprint density at radius 2 is 2.00 bits per heavy atom. The lowest BCUT2D eigenvalue weighted by Crippen LogP contribution is -2.43.